The van der Waals surface area contributed by atoms with Crippen LogP contribution in [-0.4, -0.2) is 11.6 Å². The molecular formula is C20H28N2OS. The zero-order valence-corrected chi connectivity index (χ0v) is 15.6. The smallest absolute Gasteiger partial charge is 0.119 e. The minimum absolute atomic E-state index is 0.283. The van der Waals surface area contributed by atoms with Crippen molar-refractivity contribution in [1.29, 1.82) is 0 Å². The fourth-order valence-corrected chi connectivity index (χ4v) is 4.00. The van der Waals surface area contributed by atoms with Gasteiger partial charge >= 0.3 is 0 Å². The van der Waals surface area contributed by atoms with Crippen LogP contribution >= 0.6 is 11.3 Å². The highest BCUT2D eigenvalue weighted by atomic mass is 32.1. The van der Waals surface area contributed by atoms with E-state index in [1.54, 1.807) is 11.3 Å². The van der Waals surface area contributed by atoms with Crippen LogP contribution in [0.25, 0.3) is 0 Å². The number of aryl methyl sites for hydroxylation is 1. The lowest BCUT2D eigenvalue weighted by molar-refractivity contribution is 0.209. The summed E-state index contributed by atoms with van der Waals surface area (Å²) in [6.45, 7) is 5.99. The summed E-state index contributed by atoms with van der Waals surface area (Å²) < 4.78 is 5.97. The van der Waals surface area contributed by atoms with Gasteiger partial charge in [-0.3, -0.25) is 0 Å². The molecule has 130 valence electrons. The molecule has 0 bridgehead atoms. The quantitative estimate of drug-likeness (QED) is 0.744. The fraction of sp³-hybridized carbons (Fsp3) is 0.550. The number of thiazole rings is 1. The molecule has 0 radical (unpaired) electrons. The van der Waals surface area contributed by atoms with Gasteiger partial charge in [0.1, 0.15) is 10.8 Å². The van der Waals surface area contributed by atoms with Gasteiger partial charge < -0.3 is 10.1 Å². The van der Waals surface area contributed by atoms with Crippen molar-refractivity contribution in [2.24, 2.45) is 5.92 Å². The second kappa shape index (κ2) is 8.63. The van der Waals surface area contributed by atoms with Crippen LogP contribution in [0.2, 0.25) is 0 Å². The summed E-state index contributed by atoms with van der Waals surface area (Å²) in [7, 11) is 0. The molecule has 0 amide bonds. The molecule has 2 aromatic rings. The summed E-state index contributed by atoms with van der Waals surface area (Å²) in [6, 6.07) is 8.79. The Labute approximate surface area is 149 Å². The molecule has 1 atom stereocenters. The average molecular weight is 345 g/mol. The van der Waals surface area contributed by atoms with Crippen LogP contribution in [0.1, 0.15) is 60.5 Å². The van der Waals surface area contributed by atoms with Crippen molar-refractivity contribution in [3.05, 3.63) is 45.9 Å². The first-order chi connectivity index (χ1) is 11.7. The summed E-state index contributed by atoms with van der Waals surface area (Å²) in [5.41, 5.74) is 1.28. The molecule has 1 unspecified atom stereocenters. The number of nitrogens with one attached hydrogen (secondary N) is 1. The Hall–Kier alpha value is -1.39. The number of hydrogen-bond acceptors (Lipinski definition) is 4. The number of aromatic nitrogens is 1. The molecule has 1 heterocycles. The van der Waals surface area contributed by atoms with Crippen molar-refractivity contribution in [3.8, 4) is 5.75 Å². The van der Waals surface area contributed by atoms with E-state index >= 15 is 0 Å². The number of benzene rings is 1. The highest BCUT2D eigenvalue weighted by Crippen LogP contribution is 2.25. The molecule has 1 aliphatic carbocycles. The molecule has 1 saturated carbocycles. The average Bonchev–Trinajstić information content (AvgIpc) is 3.06. The van der Waals surface area contributed by atoms with Crippen LogP contribution in [0.4, 0.5) is 0 Å². The summed E-state index contributed by atoms with van der Waals surface area (Å²) in [6.07, 6.45) is 8.74. The number of rotatable bonds is 7. The SMILES string of the molecule is Cc1cnc(C(C)NCc2ccc(OCC3CCCCC3)cc2)s1. The van der Waals surface area contributed by atoms with E-state index in [1.165, 1.54) is 42.5 Å². The Kier molecular flexibility index (Phi) is 6.27. The van der Waals surface area contributed by atoms with E-state index < -0.39 is 0 Å². The lowest BCUT2D eigenvalue weighted by Crippen LogP contribution is -2.18. The third-order valence-electron chi connectivity index (χ3n) is 4.76. The van der Waals surface area contributed by atoms with Gasteiger partial charge in [-0.2, -0.15) is 0 Å². The third-order valence-corrected chi connectivity index (χ3v) is 5.85. The molecule has 24 heavy (non-hydrogen) atoms. The van der Waals surface area contributed by atoms with E-state index in [0.29, 0.717) is 0 Å². The van der Waals surface area contributed by atoms with Gasteiger partial charge in [0.05, 0.1) is 12.6 Å². The minimum Gasteiger partial charge on any atom is -0.493 e. The zero-order valence-electron chi connectivity index (χ0n) is 14.8. The van der Waals surface area contributed by atoms with E-state index in [4.69, 9.17) is 4.74 Å². The monoisotopic (exact) mass is 344 g/mol. The molecule has 1 aromatic carbocycles. The Morgan fingerprint density at radius 2 is 1.96 bits per heavy atom. The van der Waals surface area contributed by atoms with Crippen molar-refractivity contribution in [2.45, 2.75) is 58.5 Å². The summed E-state index contributed by atoms with van der Waals surface area (Å²) in [5.74, 6) is 1.75. The Bertz CT molecular complexity index is 617. The molecule has 1 aromatic heterocycles. The maximum absolute atomic E-state index is 5.97. The van der Waals surface area contributed by atoms with E-state index in [-0.39, 0.29) is 6.04 Å². The van der Waals surface area contributed by atoms with Gasteiger partial charge in [-0.15, -0.1) is 11.3 Å². The molecule has 1 fully saturated rings. The molecule has 3 nitrogen and oxygen atoms in total. The first-order valence-corrected chi connectivity index (χ1v) is 9.90. The lowest BCUT2D eigenvalue weighted by Gasteiger charge is -2.21. The number of hydrogen-bond donors (Lipinski definition) is 1. The molecule has 1 aliphatic rings. The predicted molar refractivity (Wildman–Crippen MR) is 101 cm³/mol. The van der Waals surface area contributed by atoms with Gasteiger partial charge in [-0.05, 0) is 50.3 Å². The van der Waals surface area contributed by atoms with Gasteiger partial charge in [-0.1, -0.05) is 31.4 Å². The van der Waals surface area contributed by atoms with Crippen molar-refractivity contribution in [2.75, 3.05) is 6.61 Å². The Balaban J connectivity index is 1.44. The third kappa shape index (κ3) is 5.05. The van der Waals surface area contributed by atoms with Gasteiger partial charge in [0.25, 0.3) is 0 Å². The fourth-order valence-electron chi connectivity index (χ4n) is 3.20. The maximum atomic E-state index is 5.97. The van der Waals surface area contributed by atoms with Gasteiger partial charge in [0, 0.05) is 17.6 Å². The molecule has 0 saturated heterocycles. The predicted octanol–water partition coefficient (Wildman–Crippen LogP) is 5.26. The van der Waals surface area contributed by atoms with Gasteiger partial charge in [-0.25, -0.2) is 4.98 Å². The zero-order chi connectivity index (χ0) is 16.8. The van der Waals surface area contributed by atoms with Crippen LogP contribution in [-0.2, 0) is 6.54 Å². The van der Waals surface area contributed by atoms with Crippen LogP contribution in [0, 0.1) is 12.8 Å². The van der Waals surface area contributed by atoms with Crippen LogP contribution in [0.3, 0.4) is 0 Å². The molecule has 3 rings (SSSR count). The van der Waals surface area contributed by atoms with Crippen molar-refractivity contribution in [3.63, 3.8) is 0 Å². The largest absolute Gasteiger partial charge is 0.493 e. The molecule has 1 N–H and O–H groups in total. The molecule has 0 spiro atoms. The summed E-state index contributed by atoms with van der Waals surface area (Å²) >= 11 is 1.76. The van der Waals surface area contributed by atoms with Crippen LogP contribution in [0.5, 0.6) is 5.75 Å². The highest BCUT2D eigenvalue weighted by molar-refractivity contribution is 7.11. The first-order valence-electron chi connectivity index (χ1n) is 9.08. The summed E-state index contributed by atoms with van der Waals surface area (Å²) in [4.78, 5) is 5.71. The van der Waals surface area contributed by atoms with E-state index in [0.717, 1.165) is 29.8 Å². The second-order valence-electron chi connectivity index (χ2n) is 6.87. The van der Waals surface area contributed by atoms with Crippen molar-refractivity contribution >= 4 is 11.3 Å². The summed E-state index contributed by atoms with van der Waals surface area (Å²) in [5, 5.41) is 4.69. The van der Waals surface area contributed by atoms with E-state index in [2.05, 4.69) is 48.4 Å². The van der Waals surface area contributed by atoms with Gasteiger partial charge in [0.2, 0.25) is 0 Å². The maximum Gasteiger partial charge on any atom is 0.119 e. The molecular weight excluding hydrogens is 316 g/mol. The Morgan fingerprint density at radius 3 is 2.62 bits per heavy atom. The van der Waals surface area contributed by atoms with Crippen molar-refractivity contribution in [1.82, 2.24) is 10.3 Å². The van der Waals surface area contributed by atoms with Gasteiger partial charge in [0.15, 0.2) is 0 Å². The van der Waals surface area contributed by atoms with E-state index in [9.17, 15) is 0 Å². The van der Waals surface area contributed by atoms with Crippen LogP contribution in [0.15, 0.2) is 30.5 Å². The van der Waals surface area contributed by atoms with Crippen LogP contribution < -0.4 is 10.1 Å². The highest BCUT2D eigenvalue weighted by Gasteiger charge is 2.14. The number of ether oxygens (including phenoxy) is 1. The topological polar surface area (TPSA) is 34.2 Å². The lowest BCUT2D eigenvalue weighted by atomic mass is 9.90. The second-order valence-corrected chi connectivity index (χ2v) is 8.14. The molecule has 4 heteroatoms. The first kappa shape index (κ1) is 17.4. The number of nitrogens with zero attached hydrogens (tertiary/aromatic N) is 1. The molecule has 0 aliphatic heterocycles. The Morgan fingerprint density at radius 1 is 1.21 bits per heavy atom. The van der Waals surface area contributed by atoms with E-state index in [1.807, 2.05) is 6.20 Å². The minimum atomic E-state index is 0.283. The normalized spacial score (nSPS) is 16.9. The van der Waals surface area contributed by atoms with Crippen molar-refractivity contribution < 1.29 is 4.74 Å². The standard InChI is InChI=1S/C20H28N2OS/c1-15-12-22-20(24-15)16(2)21-13-17-8-10-19(11-9-17)23-14-18-6-4-3-5-7-18/h8-12,16,18,21H,3-7,13-14H2,1-2H3.